The van der Waals surface area contributed by atoms with E-state index in [9.17, 15) is 4.79 Å². The summed E-state index contributed by atoms with van der Waals surface area (Å²) in [7, 11) is 1.56. The van der Waals surface area contributed by atoms with E-state index in [1.165, 1.54) is 0 Å². The van der Waals surface area contributed by atoms with Gasteiger partial charge in [0.2, 0.25) is 0 Å². The quantitative estimate of drug-likeness (QED) is 0.675. The minimum Gasteiger partial charge on any atom is -0.497 e. The topological polar surface area (TPSA) is 52.8 Å². The van der Waals surface area contributed by atoms with Crippen molar-refractivity contribution in [3.8, 4) is 11.5 Å². The van der Waals surface area contributed by atoms with Gasteiger partial charge in [0.1, 0.15) is 18.1 Å². The van der Waals surface area contributed by atoms with Crippen molar-refractivity contribution in [3.05, 3.63) is 60.2 Å². The lowest BCUT2D eigenvalue weighted by Gasteiger charge is -2.11. The lowest BCUT2D eigenvalue weighted by Crippen LogP contribution is -2.04. The molecule has 3 aromatic rings. The molecule has 0 atom stereocenters. The van der Waals surface area contributed by atoms with Gasteiger partial charge in [-0.1, -0.05) is 0 Å². The van der Waals surface area contributed by atoms with Gasteiger partial charge in [-0.2, -0.15) is 0 Å². The molecule has 0 saturated carbocycles. The zero-order chi connectivity index (χ0) is 14.7. The first kappa shape index (κ1) is 13.2. The number of fused-ring (bicyclic) bond motifs is 1. The Labute approximate surface area is 121 Å². The van der Waals surface area contributed by atoms with E-state index < -0.39 is 0 Å². The van der Waals surface area contributed by atoms with Gasteiger partial charge in [0.15, 0.2) is 6.29 Å². The van der Waals surface area contributed by atoms with Gasteiger partial charge in [0.05, 0.1) is 36.3 Å². The van der Waals surface area contributed by atoms with Gasteiger partial charge >= 0.3 is 0 Å². The van der Waals surface area contributed by atoms with Crippen molar-refractivity contribution in [3.63, 3.8) is 0 Å². The van der Waals surface area contributed by atoms with Crippen molar-refractivity contribution in [2.45, 2.75) is 6.61 Å². The predicted octanol–water partition coefficient (Wildman–Crippen LogP) is 2.73. The minimum absolute atomic E-state index is 0.326. The number of aromatic nitrogens is 2. The fourth-order valence-electron chi connectivity index (χ4n) is 2.16. The highest BCUT2D eigenvalue weighted by atomic mass is 16.5. The summed E-state index contributed by atoms with van der Waals surface area (Å²) in [5.74, 6) is 1.15. The molecule has 0 radical (unpaired) electrons. The first-order valence-corrected chi connectivity index (χ1v) is 6.48. The van der Waals surface area contributed by atoms with Crippen molar-refractivity contribution in [2.75, 3.05) is 7.11 Å². The Bertz CT molecular complexity index is 780. The fraction of sp³-hybridized carbons (Fsp3) is 0.125. The second-order valence-corrected chi connectivity index (χ2v) is 4.51. The number of rotatable bonds is 5. The minimum atomic E-state index is 0.326. The maximum Gasteiger partial charge on any atom is 0.153 e. The summed E-state index contributed by atoms with van der Waals surface area (Å²) >= 11 is 0. The summed E-state index contributed by atoms with van der Waals surface area (Å²) < 4.78 is 12.8. The average Bonchev–Trinajstić information content (AvgIpc) is 3.01. The molecule has 0 aliphatic rings. The van der Waals surface area contributed by atoms with Crippen LogP contribution in [-0.2, 0) is 6.61 Å². The second-order valence-electron chi connectivity index (χ2n) is 4.51. The molecular weight excluding hydrogens is 268 g/mol. The normalized spacial score (nSPS) is 10.5. The Morgan fingerprint density at radius 1 is 1.29 bits per heavy atom. The number of nitrogens with zero attached hydrogens (tertiary/aromatic N) is 2. The molecule has 0 aliphatic heterocycles. The van der Waals surface area contributed by atoms with Crippen LogP contribution in [0.15, 0.2) is 48.9 Å². The van der Waals surface area contributed by atoms with Crippen LogP contribution in [0.4, 0.5) is 0 Å². The van der Waals surface area contributed by atoms with Crippen LogP contribution in [-0.4, -0.2) is 22.8 Å². The van der Waals surface area contributed by atoms with Crippen LogP contribution < -0.4 is 9.47 Å². The van der Waals surface area contributed by atoms with Gasteiger partial charge in [-0.15, -0.1) is 0 Å². The van der Waals surface area contributed by atoms with Crippen LogP contribution in [0.2, 0.25) is 0 Å². The van der Waals surface area contributed by atoms with Crippen LogP contribution in [0.3, 0.4) is 0 Å². The lowest BCUT2D eigenvalue weighted by molar-refractivity contribution is 0.111. The average molecular weight is 282 g/mol. The van der Waals surface area contributed by atoms with Crippen LogP contribution in [0.25, 0.3) is 5.52 Å². The Hall–Kier alpha value is -2.82. The monoisotopic (exact) mass is 282 g/mol. The number of carbonyl (C=O) groups excluding carboxylic acids is 1. The number of hydrogen-bond acceptors (Lipinski definition) is 4. The summed E-state index contributed by atoms with van der Waals surface area (Å²) in [4.78, 5) is 15.3. The van der Waals surface area contributed by atoms with Crippen LogP contribution in [0, 0.1) is 0 Å². The summed E-state index contributed by atoms with van der Waals surface area (Å²) in [6.07, 6.45) is 6.24. The molecule has 0 aliphatic carbocycles. The van der Waals surface area contributed by atoms with Gasteiger partial charge in [-0.05, 0) is 30.3 Å². The zero-order valence-electron chi connectivity index (χ0n) is 11.5. The molecule has 0 unspecified atom stereocenters. The van der Waals surface area contributed by atoms with Gasteiger partial charge in [0.25, 0.3) is 0 Å². The SMILES string of the molecule is COc1ccc(OCc2cncc3cccn23)c(C=O)c1. The van der Waals surface area contributed by atoms with Gasteiger partial charge < -0.3 is 13.9 Å². The highest BCUT2D eigenvalue weighted by molar-refractivity contribution is 5.80. The molecule has 5 nitrogen and oxygen atoms in total. The highest BCUT2D eigenvalue weighted by Gasteiger charge is 2.07. The first-order chi connectivity index (χ1) is 10.3. The molecule has 0 saturated heterocycles. The van der Waals surface area contributed by atoms with E-state index >= 15 is 0 Å². The molecule has 0 fully saturated rings. The number of methoxy groups -OCH3 is 1. The number of ether oxygens (including phenoxy) is 2. The van der Waals surface area contributed by atoms with Gasteiger partial charge in [-0.3, -0.25) is 9.78 Å². The fourth-order valence-corrected chi connectivity index (χ4v) is 2.16. The Kier molecular flexibility index (Phi) is 3.55. The maximum absolute atomic E-state index is 11.1. The van der Waals surface area contributed by atoms with Crippen molar-refractivity contribution in [2.24, 2.45) is 0 Å². The third kappa shape index (κ3) is 2.58. The number of hydrogen-bond donors (Lipinski definition) is 0. The van der Waals surface area contributed by atoms with Crippen molar-refractivity contribution < 1.29 is 14.3 Å². The molecule has 2 heterocycles. The summed E-state index contributed by atoms with van der Waals surface area (Å²) in [5, 5.41) is 0. The van der Waals surface area contributed by atoms with E-state index in [2.05, 4.69) is 4.98 Å². The van der Waals surface area contributed by atoms with E-state index in [1.807, 2.05) is 22.7 Å². The number of carbonyl (C=O) groups is 1. The van der Waals surface area contributed by atoms with E-state index in [0.717, 1.165) is 17.5 Å². The molecule has 0 amide bonds. The van der Waals surface area contributed by atoms with Gasteiger partial charge in [0, 0.05) is 6.20 Å². The molecule has 3 rings (SSSR count). The van der Waals surface area contributed by atoms with Gasteiger partial charge in [-0.25, -0.2) is 0 Å². The summed E-state index contributed by atoms with van der Waals surface area (Å²) in [6.45, 7) is 0.326. The zero-order valence-corrected chi connectivity index (χ0v) is 11.5. The van der Waals surface area contributed by atoms with Crippen LogP contribution in [0.1, 0.15) is 16.1 Å². The van der Waals surface area contributed by atoms with E-state index in [0.29, 0.717) is 23.7 Å². The molecular formula is C16H14N2O3. The maximum atomic E-state index is 11.1. The van der Waals surface area contributed by atoms with Crippen molar-refractivity contribution >= 4 is 11.8 Å². The first-order valence-electron chi connectivity index (χ1n) is 6.48. The molecule has 0 bridgehead atoms. The van der Waals surface area contributed by atoms with Crippen LogP contribution >= 0.6 is 0 Å². The van der Waals surface area contributed by atoms with E-state index in [-0.39, 0.29) is 0 Å². The number of aldehydes is 1. The smallest absolute Gasteiger partial charge is 0.153 e. The predicted molar refractivity (Wildman–Crippen MR) is 77.9 cm³/mol. The Morgan fingerprint density at radius 3 is 3.00 bits per heavy atom. The Morgan fingerprint density at radius 2 is 2.19 bits per heavy atom. The molecule has 5 heteroatoms. The molecule has 21 heavy (non-hydrogen) atoms. The lowest BCUT2D eigenvalue weighted by atomic mass is 10.2. The van der Waals surface area contributed by atoms with E-state index in [1.54, 1.807) is 37.7 Å². The third-order valence-corrected chi connectivity index (χ3v) is 3.24. The van der Waals surface area contributed by atoms with Crippen molar-refractivity contribution in [1.82, 2.24) is 9.38 Å². The third-order valence-electron chi connectivity index (χ3n) is 3.24. The van der Waals surface area contributed by atoms with E-state index in [4.69, 9.17) is 9.47 Å². The standard InChI is InChI=1S/C16H14N2O3/c1-20-15-4-5-16(12(7-15)10-19)21-11-14-9-17-8-13-3-2-6-18(13)14/h2-10H,11H2,1H3. The summed E-state index contributed by atoms with van der Waals surface area (Å²) in [5.41, 5.74) is 2.37. The van der Waals surface area contributed by atoms with Crippen LogP contribution in [0.5, 0.6) is 11.5 Å². The summed E-state index contributed by atoms with van der Waals surface area (Å²) in [6, 6.07) is 9.06. The molecule has 0 spiro atoms. The Balaban J connectivity index is 1.84. The molecule has 106 valence electrons. The second kappa shape index (κ2) is 5.66. The van der Waals surface area contributed by atoms with Crippen molar-refractivity contribution in [1.29, 1.82) is 0 Å². The molecule has 2 aromatic heterocycles. The molecule has 0 N–H and O–H groups in total. The largest absolute Gasteiger partial charge is 0.497 e. The number of benzene rings is 1. The molecule has 1 aromatic carbocycles. The highest BCUT2D eigenvalue weighted by Crippen LogP contribution is 2.23.